The van der Waals surface area contributed by atoms with Crippen LogP contribution in [0.1, 0.15) is 30.4 Å². The van der Waals surface area contributed by atoms with Crippen LogP contribution in [0.4, 0.5) is 24.5 Å². The summed E-state index contributed by atoms with van der Waals surface area (Å²) in [5.74, 6) is -0.378. The Kier molecular flexibility index (Phi) is 5.84. The van der Waals surface area contributed by atoms with Crippen LogP contribution in [0, 0.1) is 0 Å². The summed E-state index contributed by atoms with van der Waals surface area (Å²) < 4.78 is 38.3. The lowest BCUT2D eigenvalue weighted by molar-refractivity contribution is -0.137. The lowest BCUT2D eigenvalue weighted by atomic mass is 10.1. The van der Waals surface area contributed by atoms with Crippen LogP contribution in [0.3, 0.4) is 0 Å². The van der Waals surface area contributed by atoms with Crippen molar-refractivity contribution in [1.29, 1.82) is 0 Å². The molecule has 0 spiro atoms. The van der Waals surface area contributed by atoms with E-state index in [0.717, 1.165) is 43.8 Å². The molecule has 1 aliphatic heterocycles. The van der Waals surface area contributed by atoms with Crippen molar-refractivity contribution in [3.05, 3.63) is 65.7 Å². The van der Waals surface area contributed by atoms with Gasteiger partial charge in [-0.25, -0.2) is 0 Å². The first-order valence-corrected chi connectivity index (χ1v) is 8.94. The highest BCUT2D eigenvalue weighted by Gasteiger charge is 2.30. The Morgan fingerprint density at radius 3 is 2.48 bits per heavy atom. The fraction of sp³-hybridized carbons (Fsp3) is 0.286. The number of benzene rings is 2. The molecule has 142 valence electrons. The van der Waals surface area contributed by atoms with Crippen molar-refractivity contribution >= 4 is 23.4 Å². The summed E-state index contributed by atoms with van der Waals surface area (Å²) in [6, 6.07) is 12.5. The average molecular weight is 374 g/mol. The number of para-hydroxylation sites is 2. The van der Waals surface area contributed by atoms with Crippen molar-refractivity contribution in [3.63, 3.8) is 0 Å². The lowest BCUT2D eigenvalue weighted by Gasteiger charge is -2.30. The van der Waals surface area contributed by atoms with Gasteiger partial charge >= 0.3 is 6.18 Å². The minimum absolute atomic E-state index is 0.323. The molecule has 0 saturated carbocycles. The van der Waals surface area contributed by atoms with E-state index in [4.69, 9.17) is 0 Å². The van der Waals surface area contributed by atoms with E-state index in [-0.39, 0.29) is 5.91 Å². The van der Waals surface area contributed by atoms with Gasteiger partial charge in [0.1, 0.15) is 0 Å². The van der Waals surface area contributed by atoms with Gasteiger partial charge in [-0.2, -0.15) is 13.2 Å². The van der Waals surface area contributed by atoms with Gasteiger partial charge in [-0.05, 0) is 55.2 Å². The number of nitrogens with one attached hydrogen (secondary N) is 1. The number of carbonyl (C=O) groups excluding carboxylic acids is 1. The molecule has 3 rings (SSSR count). The summed E-state index contributed by atoms with van der Waals surface area (Å²) in [7, 11) is 0. The molecule has 0 bridgehead atoms. The zero-order chi connectivity index (χ0) is 19.3. The normalized spacial score (nSPS) is 15.1. The molecule has 1 fully saturated rings. The summed E-state index contributed by atoms with van der Waals surface area (Å²) in [6.45, 7) is 1.90. The maximum Gasteiger partial charge on any atom is 0.416 e. The first kappa shape index (κ1) is 19.0. The maximum absolute atomic E-state index is 12.8. The molecule has 0 radical (unpaired) electrons. The third kappa shape index (κ3) is 5.12. The van der Waals surface area contributed by atoms with Crippen LogP contribution in [-0.4, -0.2) is 19.0 Å². The van der Waals surface area contributed by atoms with E-state index in [2.05, 4.69) is 10.2 Å². The molecule has 1 N–H and O–H groups in total. The van der Waals surface area contributed by atoms with Gasteiger partial charge in [0.2, 0.25) is 5.91 Å². The molecule has 3 nitrogen and oxygen atoms in total. The van der Waals surface area contributed by atoms with Gasteiger partial charge in [-0.15, -0.1) is 0 Å². The van der Waals surface area contributed by atoms with E-state index >= 15 is 0 Å². The molecule has 0 atom stereocenters. The zero-order valence-electron chi connectivity index (χ0n) is 14.8. The first-order valence-electron chi connectivity index (χ1n) is 8.94. The Bertz CT molecular complexity index is 824. The molecule has 0 aromatic heterocycles. The number of halogens is 3. The van der Waals surface area contributed by atoms with Crippen molar-refractivity contribution in [3.8, 4) is 0 Å². The minimum Gasteiger partial charge on any atom is -0.370 e. The summed E-state index contributed by atoms with van der Waals surface area (Å²) in [6.07, 6.45) is 1.69. The number of nitrogens with zero attached hydrogens (tertiary/aromatic N) is 1. The first-order chi connectivity index (χ1) is 12.9. The van der Waals surface area contributed by atoms with E-state index in [0.29, 0.717) is 11.3 Å². The van der Waals surface area contributed by atoms with Gasteiger partial charge in [0.05, 0.1) is 16.9 Å². The van der Waals surface area contributed by atoms with E-state index in [9.17, 15) is 18.0 Å². The van der Waals surface area contributed by atoms with Crippen LogP contribution in [0.2, 0.25) is 0 Å². The predicted octanol–water partition coefficient (Wildman–Crippen LogP) is 5.35. The summed E-state index contributed by atoms with van der Waals surface area (Å²) in [5, 5.41) is 2.83. The number of hydrogen-bond donors (Lipinski definition) is 1. The highest BCUT2D eigenvalue weighted by atomic mass is 19.4. The topological polar surface area (TPSA) is 32.3 Å². The Labute approximate surface area is 156 Å². The second kappa shape index (κ2) is 8.29. The number of hydrogen-bond acceptors (Lipinski definition) is 2. The molecule has 0 aliphatic carbocycles. The molecule has 1 amide bonds. The molecule has 1 heterocycles. The number of amides is 1. The Morgan fingerprint density at radius 2 is 1.74 bits per heavy atom. The van der Waals surface area contributed by atoms with Gasteiger partial charge in [0.25, 0.3) is 0 Å². The van der Waals surface area contributed by atoms with Crippen LogP contribution in [0.25, 0.3) is 6.08 Å². The number of carbonyl (C=O) groups is 1. The highest BCUT2D eigenvalue weighted by molar-refractivity contribution is 6.03. The van der Waals surface area contributed by atoms with Crippen LogP contribution in [0.5, 0.6) is 0 Å². The fourth-order valence-electron chi connectivity index (χ4n) is 3.15. The number of alkyl halides is 3. The maximum atomic E-state index is 12.8. The van der Waals surface area contributed by atoms with Gasteiger partial charge in [-0.3, -0.25) is 4.79 Å². The fourth-order valence-corrected chi connectivity index (χ4v) is 3.15. The van der Waals surface area contributed by atoms with Crippen molar-refractivity contribution in [1.82, 2.24) is 0 Å². The van der Waals surface area contributed by atoms with Gasteiger partial charge in [-0.1, -0.05) is 24.3 Å². The molecular weight excluding hydrogens is 353 g/mol. The van der Waals surface area contributed by atoms with Gasteiger partial charge in [0, 0.05) is 19.2 Å². The second-order valence-electron chi connectivity index (χ2n) is 6.51. The zero-order valence-corrected chi connectivity index (χ0v) is 14.8. The largest absolute Gasteiger partial charge is 0.416 e. The Balaban J connectivity index is 1.70. The third-order valence-electron chi connectivity index (χ3n) is 4.50. The Morgan fingerprint density at radius 1 is 1.00 bits per heavy atom. The molecule has 0 unspecified atom stereocenters. The highest BCUT2D eigenvalue weighted by Crippen LogP contribution is 2.30. The Hall–Kier alpha value is -2.76. The van der Waals surface area contributed by atoms with Crippen LogP contribution >= 0.6 is 0 Å². The molecule has 1 saturated heterocycles. The number of piperidine rings is 1. The molecular formula is C21H21F3N2O. The molecule has 6 heteroatoms. The molecule has 1 aliphatic rings. The second-order valence-corrected chi connectivity index (χ2v) is 6.51. The van der Waals surface area contributed by atoms with Crippen LogP contribution in [0.15, 0.2) is 54.6 Å². The third-order valence-corrected chi connectivity index (χ3v) is 4.50. The van der Waals surface area contributed by atoms with E-state index in [1.807, 2.05) is 24.3 Å². The summed E-state index contributed by atoms with van der Waals surface area (Å²) in [5.41, 5.74) is 1.26. The van der Waals surface area contributed by atoms with Crippen molar-refractivity contribution in [2.75, 3.05) is 23.3 Å². The SMILES string of the molecule is O=C(/C=C/c1cccc(C(F)(F)F)c1)Nc1ccccc1N1CCCCC1. The van der Waals surface area contributed by atoms with E-state index < -0.39 is 11.7 Å². The monoisotopic (exact) mass is 374 g/mol. The van der Waals surface area contributed by atoms with Gasteiger partial charge in [0.15, 0.2) is 0 Å². The molecule has 2 aromatic carbocycles. The molecule has 2 aromatic rings. The standard InChI is InChI=1S/C21H21F3N2O/c22-21(23,24)17-8-6-7-16(15-17)11-12-20(27)25-18-9-2-3-10-19(18)26-13-4-1-5-14-26/h2-3,6-12,15H,1,4-5,13-14H2,(H,25,27)/b12-11+. The van der Waals surface area contributed by atoms with E-state index in [1.54, 1.807) is 0 Å². The van der Waals surface area contributed by atoms with Crippen molar-refractivity contribution < 1.29 is 18.0 Å². The number of rotatable bonds is 4. The van der Waals surface area contributed by atoms with Crippen LogP contribution in [-0.2, 0) is 11.0 Å². The summed E-state index contributed by atoms with van der Waals surface area (Å²) in [4.78, 5) is 14.5. The smallest absolute Gasteiger partial charge is 0.370 e. The van der Waals surface area contributed by atoms with Crippen molar-refractivity contribution in [2.24, 2.45) is 0 Å². The quantitative estimate of drug-likeness (QED) is 0.732. The minimum atomic E-state index is -4.40. The van der Waals surface area contributed by atoms with Crippen LogP contribution < -0.4 is 10.2 Å². The van der Waals surface area contributed by atoms with Gasteiger partial charge < -0.3 is 10.2 Å². The lowest BCUT2D eigenvalue weighted by Crippen LogP contribution is -2.30. The average Bonchev–Trinajstić information content (AvgIpc) is 2.67. The number of anilines is 2. The summed E-state index contributed by atoms with van der Waals surface area (Å²) >= 11 is 0. The molecule has 27 heavy (non-hydrogen) atoms. The predicted molar refractivity (Wildman–Crippen MR) is 102 cm³/mol. The van der Waals surface area contributed by atoms with E-state index in [1.165, 1.54) is 30.7 Å². The van der Waals surface area contributed by atoms with Crippen molar-refractivity contribution in [2.45, 2.75) is 25.4 Å².